The summed E-state index contributed by atoms with van der Waals surface area (Å²) in [6.07, 6.45) is 0. The van der Waals surface area contributed by atoms with Crippen LogP contribution < -0.4 is 10.1 Å². The van der Waals surface area contributed by atoms with Crippen molar-refractivity contribution in [2.45, 2.75) is 11.4 Å². The van der Waals surface area contributed by atoms with Gasteiger partial charge in [-0.15, -0.1) is 11.3 Å². The smallest absolute Gasteiger partial charge is 0.348 e. The first-order valence-corrected chi connectivity index (χ1v) is 13.2. The van der Waals surface area contributed by atoms with Gasteiger partial charge < -0.3 is 14.8 Å². The SMILES string of the molecule is COC(=O)c1cc2cc(NC(=O)COc3ccc(S(=O)(=O)N(C)Cc4ccccc4)cc3)ccc2s1. The molecule has 0 saturated carbocycles. The molecule has 1 N–H and O–H groups in total. The van der Waals surface area contributed by atoms with Crippen LogP contribution in [0.4, 0.5) is 5.69 Å². The van der Waals surface area contributed by atoms with Gasteiger partial charge in [0.1, 0.15) is 10.6 Å². The van der Waals surface area contributed by atoms with Crippen LogP contribution in [-0.2, 0) is 26.1 Å². The number of methoxy groups -OCH3 is 1. The van der Waals surface area contributed by atoms with Crippen LogP contribution in [-0.4, -0.2) is 45.4 Å². The third kappa shape index (κ3) is 5.91. The van der Waals surface area contributed by atoms with Gasteiger partial charge in [-0.1, -0.05) is 30.3 Å². The van der Waals surface area contributed by atoms with Crippen LogP contribution in [0, 0.1) is 0 Å². The topological polar surface area (TPSA) is 102 Å². The zero-order valence-electron chi connectivity index (χ0n) is 19.6. The standard InChI is InChI=1S/C26H24N2O6S2/c1-28(16-18-6-4-3-5-7-18)36(31,32)22-11-9-21(10-12-22)34-17-25(29)27-20-8-13-23-19(14-20)15-24(35-23)26(30)33-2/h3-15H,16-17H2,1-2H3,(H,27,29). The number of benzene rings is 3. The van der Waals surface area contributed by atoms with Gasteiger partial charge in [-0.2, -0.15) is 4.31 Å². The first-order chi connectivity index (χ1) is 17.3. The molecule has 0 fully saturated rings. The van der Waals surface area contributed by atoms with Crippen LogP contribution in [0.15, 0.2) is 83.8 Å². The first kappa shape index (κ1) is 25.4. The molecule has 36 heavy (non-hydrogen) atoms. The van der Waals surface area contributed by atoms with Crippen molar-refractivity contribution < 1.29 is 27.5 Å². The van der Waals surface area contributed by atoms with Crippen molar-refractivity contribution in [3.8, 4) is 5.75 Å². The maximum absolute atomic E-state index is 12.9. The second-order valence-corrected chi connectivity index (χ2v) is 11.0. The van der Waals surface area contributed by atoms with Crippen LogP contribution in [0.2, 0.25) is 0 Å². The van der Waals surface area contributed by atoms with E-state index in [1.807, 2.05) is 36.4 Å². The molecule has 1 aromatic heterocycles. The molecule has 0 radical (unpaired) electrons. The number of anilines is 1. The minimum Gasteiger partial charge on any atom is -0.484 e. The zero-order chi connectivity index (χ0) is 25.7. The van der Waals surface area contributed by atoms with E-state index in [2.05, 4.69) is 5.32 Å². The van der Waals surface area contributed by atoms with Crippen LogP contribution in [0.5, 0.6) is 5.75 Å². The number of nitrogens with zero attached hydrogens (tertiary/aromatic N) is 1. The molecule has 0 aliphatic carbocycles. The first-order valence-electron chi connectivity index (χ1n) is 10.9. The lowest BCUT2D eigenvalue weighted by molar-refractivity contribution is -0.118. The summed E-state index contributed by atoms with van der Waals surface area (Å²) < 4.78 is 38.2. The number of carbonyl (C=O) groups excluding carboxylic acids is 2. The number of hydrogen-bond donors (Lipinski definition) is 1. The van der Waals surface area contributed by atoms with Gasteiger partial charge in [0.05, 0.1) is 12.0 Å². The lowest BCUT2D eigenvalue weighted by atomic mass is 10.2. The van der Waals surface area contributed by atoms with Gasteiger partial charge in [0.2, 0.25) is 10.0 Å². The highest BCUT2D eigenvalue weighted by atomic mass is 32.2. The number of carbonyl (C=O) groups is 2. The normalized spacial score (nSPS) is 11.4. The summed E-state index contributed by atoms with van der Waals surface area (Å²) in [6.45, 7) is -0.00212. The number of nitrogens with one attached hydrogen (secondary N) is 1. The molecule has 4 rings (SSSR count). The van der Waals surface area contributed by atoms with E-state index in [4.69, 9.17) is 9.47 Å². The molecule has 3 aromatic carbocycles. The summed E-state index contributed by atoms with van der Waals surface area (Å²) >= 11 is 1.31. The average molecular weight is 525 g/mol. The fraction of sp³-hybridized carbons (Fsp3) is 0.154. The molecule has 0 bridgehead atoms. The van der Waals surface area contributed by atoms with E-state index in [0.29, 0.717) is 16.3 Å². The van der Waals surface area contributed by atoms with Crippen molar-refractivity contribution in [2.75, 3.05) is 26.1 Å². The molecule has 0 aliphatic heterocycles. The molecule has 10 heteroatoms. The predicted molar refractivity (Wildman–Crippen MR) is 139 cm³/mol. The Hall–Kier alpha value is -3.73. The van der Waals surface area contributed by atoms with Crippen LogP contribution >= 0.6 is 11.3 Å². The van der Waals surface area contributed by atoms with Crippen molar-refractivity contribution in [2.24, 2.45) is 0 Å². The lowest BCUT2D eigenvalue weighted by Crippen LogP contribution is -2.26. The molecule has 186 valence electrons. The monoisotopic (exact) mass is 524 g/mol. The summed E-state index contributed by atoms with van der Waals surface area (Å²) in [7, 11) is -0.822. The highest BCUT2D eigenvalue weighted by molar-refractivity contribution is 7.89. The van der Waals surface area contributed by atoms with E-state index in [1.165, 1.54) is 54.1 Å². The summed E-state index contributed by atoms with van der Waals surface area (Å²) in [4.78, 5) is 24.7. The van der Waals surface area contributed by atoms with Gasteiger partial charge in [-0.25, -0.2) is 13.2 Å². The average Bonchev–Trinajstić information content (AvgIpc) is 3.31. The van der Waals surface area contributed by atoms with Crippen molar-refractivity contribution in [3.63, 3.8) is 0 Å². The Morgan fingerprint density at radius 3 is 2.39 bits per heavy atom. The number of amides is 1. The third-order valence-electron chi connectivity index (χ3n) is 5.34. The van der Waals surface area contributed by atoms with Gasteiger partial charge in [0, 0.05) is 24.0 Å². The number of ether oxygens (including phenoxy) is 2. The van der Waals surface area contributed by atoms with Crippen LogP contribution in [0.1, 0.15) is 15.2 Å². The van der Waals surface area contributed by atoms with Crippen molar-refractivity contribution in [1.82, 2.24) is 4.31 Å². The van der Waals surface area contributed by atoms with Gasteiger partial charge in [0.15, 0.2) is 6.61 Å². The summed E-state index contributed by atoms with van der Waals surface area (Å²) in [5, 5.41) is 3.57. The zero-order valence-corrected chi connectivity index (χ0v) is 21.3. The van der Waals surface area contributed by atoms with Crippen molar-refractivity contribution in [1.29, 1.82) is 0 Å². The number of hydrogen-bond acceptors (Lipinski definition) is 7. The summed E-state index contributed by atoms with van der Waals surface area (Å²) in [6, 6.07) is 22.3. The maximum Gasteiger partial charge on any atom is 0.348 e. The fourth-order valence-electron chi connectivity index (χ4n) is 3.48. The Labute approximate surface area is 213 Å². The minimum absolute atomic E-state index is 0.133. The second kappa shape index (κ2) is 10.9. The predicted octanol–water partition coefficient (Wildman–Crippen LogP) is 4.53. The number of fused-ring (bicyclic) bond motifs is 1. The van der Waals surface area contributed by atoms with Gasteiger partial charge in [0.25, 0.3) is 5.91 Å². The van der Waals surface area contributed by atoms with E-state index in [1.54, 1.807) is 18.2 Å². The minimum atomic E-state index is -3.68. The van der Waals surface area contributed by atoms with Crippen LogP contribution in [0.3, 0.4) is 0 Å². The van der Waals surface area contributed by atoms with Gasteiger partial charge in [-0.05, 0) is 59.5 Å². The van der Waals surface area contributed by atoms with Gasteiger partial charge in [-0.3, -0.25) is 4.79 Å². The molecular weight excluding hydrogens is 500 g/mol. The molecule has 0 saturated heterocycles. The highest BCUT2D eigenvalue weighted by Crippen LogP contribution is 2.28. The molecule has 1 heterocycles. The third-order valence-corrected chi connectivity index (χ3v) is 8.25. The van der Waals surface area contributed by atoms with Crippen molar-refractivity contribution >= 4 is 49.0 Å². The Bertz CT molecular complexity index is 1480. The summed E-state index contributed by atoms with van der Waals surface area (Å²) in [5.74, 6) is -0.417. The fourth-order valence-corrected chi connectivity index (χ4v) is 5.60. The van der Waals surface area contributed by atoms with E-state index in [-0.39, 0.29) is 24.0 Å². The number of esters is 1. The lowest BCUT2D eigenvalue weighted by Gasteiger charge is -2.17. The Balaban J connectivity index is 1.34. The van der Waals surface area contributed by atoms with Crippen LogP contribution in [0.25, 0.3) is 10.1 Å². The maximum atomic E-state index is 12.9. The Morgan fingerprint density at radius 2 is 1.69 bits per heavy atom. The van der Waals surface area contributed by atoms with E-state index in [0.717, 1.165) is 15.6 Å². The van der Waals surface area contributed by atoms with E-state index < -0.39 is 16.0 Å². The van der Waals surface area contributed by atoms with E-state index >= 15 is 0 Å². The van der Waals surface area contributed by atoms with Gasteiger partial charge >= 0.3 is 5.97 Å². The molecule has 8 nitrogen and oxygen atoms in total. The quantitative estimate of drug-likeness (QED) is 0.323. The summed E-state index contributed by atoms with van der Waals surface area (Å²) in [5.41, 5.74) is 1.45. The largest absolute Gasteiger partial charge is 0.484 e. The number of rotatable bonds is 9. The Kier molecular flexibility index (Phi) is 7.68. The second-order valence-electron chi connectivity index (χ2n) is 7.91. The van der Waals surface area contributed by atoms with E-state index in [9.17, 15) is 18.0 Å². The number of sulfonamides is 1. The Morgan fingerprint density at radius 1 is 0.972 bits per heavy atom. The molecule has 0 atom stereocenters. The molecule has 4 aromatic rings. The molecule has 1 amide bonds. The molecule has 0 aliphatic rings. The molecular formula is C26H24N2O6S2. The molecule has 0 spiro atoms. The molecule has 0 unspecified atom stereocenters. The highest BCUT2D eigenvalue weighted by Gasteiger charge is 2.21. The van der Waals surface area contributed by atoms with Crippen molar-refractivity contribution in [3.05, 3.63) is 89.3 Å². The number of thiophene rings is 1.